The van der Waals surface area contributed by atoms with E-state index in [1.54, 1.807) is 0 Å². The number of carboxylic acid groups (broad SMARTS) is 2. The fourth-order valence-electron chi connectivity index (χ4n) is 0.856. The molecule has 0 saturated heterocycles. The van der Waals surface area contributed by atoms with E-state index in [1.807, 2.05) is 0 Å². The number of rotatable bonds is 2. The summed E-state index contributed by atoms with van der Waals surface area (Å²) in [7, 11) is 0. The molecule has 7 heteroatoms. The Morgan fingerprint density at radius 2 is 1.13 bits per heavy atom. The van der Waals surface area contributed by atoms with Gasteiger partial charge in [0.2, 0.25) is 0 Å². The third kappa shape index (κ3) is 6.46. The van der Waals surface area contributed by atoms with Gasteiger partial charge in [0.05, 0.1) is 11.1 Å². The van der Waals surface area contributed by atoms with E-state index in [0.717, 1.165) is 0 Å². The van der Waals surface area contributed by atoms with Crippen LogP contribution in [-0.2, 0) is 0 Å². The Morgan fingerprint density at radius 3 is 1.33 bits per heavy atom. The molecule has 0 aliphatic heterocycles. The van der Waals surface area contributed by atoms with Crippen molar-refractivity contribution < 1.29 is 113 Å². The zero-order valence-corrected chi connectivity index (χ0v) is 15.0. The first-order valence-electron chi connectivity index (χ1n) is 3.18. The average molecular weight is 238 g/mol. The molecule has 0 aromatic heterocycles. The van der Waals surface area contributed by atoms with Crippen LogP contribution in [0.4, 0.5) is 0 Å². The van der Waals surface area contributed by atoms with Gasteiger partial charge in [-0.25, -0.2) is 9.59 Å². The number of carboxylic acids is 2. The maximum atomic E-state index is 10.5. The number of aromatic carboxylic acids is 2. The topological polar surface area (TPSA) is 74.6 Å². The molecule has 0 radical (unpaired) electrons. The molecule has 0 fully saturated rings. The van der Waals surface area contributed by atoms with Gasteiger partial charge in [0, 0.05) is 0 Å². The van der Waals surface area contributed by atoms with Crippen LogP contribution in [0.3, 0.4) is 0 Å². The molecule has 0 aliphatic rings. The Hall–Kier alpha value is 1.16. The third-order valence-corrected chi connectivity index (χ3v) is 1.39. The van der Waals surface area contributed by atoms with Crippen LogP contribution in [0.2, 0.25) is 0 Å². The van der Waals surface area contributed by atoms with E-state index in [1.165, 1.54) is 24.3 Å². The summed E-state index contributed by atoms with van der Waals surface area (Å²) in [6, 6.07) is 5.48. The SMILES string of the molecule is O=C(O)c1ccccc1C(=O)O.[H-].[H-].[H-].[Na+].[Na+].[Na+]. The van der Waals surface area contributed by atoms with Crippen molar-refractivity contribution in [2.45, 2.75) is 0 Å². The van der Waals surface area contributed by atoms with Crippen LogP contribution in [0.15, 0.2) is 24.3 Å². The number of hydrogen-bond acceptors (Lipinski definition) is 2. The van der Waals surface area contributed by atoms with Crippen LogP contribution >= 0.6 is 0 Å². The molecule has 1 rings (SSSR count). The summed E-state index contributed by atoms with van der Waals surface area (Å²) >= 11 is 0. The maximum Gasteiger partial charge on any atom is 1.00 e. The molecule has 1 aromatic rings. The standard InChI is InChI=1S/C8H6O4.3Na.3H/c9-7(10)5-3-1-2-4-6(5)8(11)12;;;;;;/h1-4H,(H,9,10)(H,11,12);;;;;;/q;3*+1;3*-1. The quantitative estimate of drug-likeness (QED) is 0.502. The van der Waals surface area contributed by atoms with Gasteiger partial charge >= 0.3 is 101 Å². The van der Waals surface area contributed by atoms with Crippen molar-refractivity contribution in [3.63, 3.8) is 0 Å². The predicted octanol–water partition coefficient (Wildman–Crippen LogP) is -7.57. The average Bonchev–Trinajstić information content (AvgIpc) is 2.04. The van der Waals surface area contributed by atoms with E-state index < -0.39 is 11.9 Å². The van der Waals surface area contributed by atoms with Gasteiger partial charge in [-0.2, -0.15) is 0 Å². The monoisotopic (exact) mass is 238 g/mol. The molecule has 0 atom stereocenters. The van der Waals surface area contributed by atoms with Crippen molar-refractivity contribution in [1.29, 1.82) is 0 Å². The Labute approximate surface area is 158 Å². The molecule has 0 aliphatic carbocycles. The van der Waals surface area contributed by atoms with Gasteiger partial charge in [0.1, 0.15) is 0 Å². The second-order valence-corrected chi connectivity index (χ2v) is 2.16. The largest absolute Gasteiger partial charge is 1.00 e. The molecule has 0 amide bonds. The Kier molecular flexibility index (Phi) is 14.8. The Balaban J connectivity index is -0.0000000600. The molecular weight excluding hydrogens is 229 g/mol. The molecule has 2 N–H and O–H groups in total. The van der Waals surface area contributed by atoms with Gasteiger partial charge in [0.25, 0.3) is 0 Å². The zero-order chi connectivity index (χ0) is 9.14. The van der Waals surface area contributed by atoms with Gasteiger partial charge in [0.15, 0.2) is 0 Å². The van der Waals surface area contributed by atoms with Crippen molar-refractivity contribution in [1.82, 2.24) is 0 Å². The van der Waals surface area contributed by atoms with Crippen LogP contribution in [0, 0.1) is 0 Å². The minimum atomic E-state index is -1.23. The molecule has 4 nitrogen and oxygen atoms in total. The molecule has 0 unspecified atom stereocenters. The zero-order valence-electron chi connectivity index (χ0n) is 12.0. The van der Waals surface area contributed by atoms with Crippen molar-refractivity contribution in [2.75, 3.05) is 0 Å². The number of carbonyl (C=O) groups is 2. The molecule has 1 aromatic carbocycles. The third-order valence-electron chi connectivity index (χ3n) is 1.39. The normalized spacial score (nSPS) is 7.47. The van der Waals surface area contributed by atoms with E-state index in [9.17, 15) is 9.59 Å². The molecule has 0 heterocycles. The molecule has 15 heavy (non-hydrogen) atoms. The molecule has 0 saturated carbocycles. The second kappa shape index (κ2) is 10.3. The first-order chi connectivity index (χ1) is 5.63. The molecule has 0 bridgehead atoms. The van der Waals surface area contributed by atoms with E-state index in [2.05, 4.69) is 0 Å². The van der Waals surface area contributed by atoms with Crippen LogP contribution < -0.4 is 88.7 Å². The Bertz CT molecular complexity index is 319. The number of benzene rings is 1. The summed E-state index contributed by atoms with van der Waals surface area (Å²) in [4.78, 5) is 20.9. The van der Waals surface area contributed by atoms with E-state index in [4.69, 9.17) is 10.2 Å². The van der Waals surface area contributed by atoms with Crippen LogP contribution in [0.5, 0.6) is 0 Å². The maximum absolute atomic E-state index is 10.5. The summed E-state index contributed by atoms with van der Waals surface area (Å²) in [5.74, 6) is -2.46. The first-order valence-corrected chi connectivity index (χ1v) is 3.18. The van der Waals surface area contributed by atoms with E-state index >= 15 is 0 Å². The smallest absolute Gasteiger partial charge is 1.00 e. The van der Waals surface area contributed by atoms with Gasteiger partial charge in [-0.3, -0.25) is 0 Å². The number of hydrogen-bond donors (Lipinski definition) is 2. The minimum Gasteiger partial charge on any atom is -1.00 e. The molecule has 0 spiro atoms. The van der Waals surface area contributed by atoms with Gasteiger partial charge in [-0.1, -0.05) is 12.1 Å². The summed E-state index contributed by atoms with van der Waals surface area (Å²) in [5.41, 5.74) is -0.380. The molecular formula is C8H9Na3O4. The van der Waals surface area contributed by atoms with E-state index in [-0.39, 0.29) is 104 Å². The Morgan fingerprint density at radius 1 is 0.867 bits per heavy atom. The van der Waals surface area contributed by atoms with Gasteiger partial charge < -0.3 is 14.5 Å². The van der Waals surface area contributed by atoms with Crippen LogP contribution in [0.25, 0.3) is 0 Å². The van der Waals surface area contributed by atoms with Crippen LogP contribution in [0.1, 0.15) is 25.0 Å². The second-order valence-electron chi connectivity index (χ2n) is 2.16. The van der Waals surface area contributed by atoms with Gasteiger partial charge in [-0.15, -0.1) is 0 Å². The minimum absolute atomic E-state index is 0. The van der Waals surface area contributed by atoms with Gasteiger partial charge in [-0.05, 0) is 12.1 Å². The van der Waals surface area contributed by atoms with Crippen molar-refractivity contribution in [3.05, 3.63) is 35.4 Å². The summed E-state index contributed by atoms with van der Waals surface area (Å²) in [6.07, 6.45) is 0. The predicted molar refractivity (Wildman–Crippen MR) is 43.7 cm³/mol. The van der Waals surface area contributed by atoms with Crippen LogP contribution in [-0.4, -0.2) is 22.2 Å². The van der Waals surface area contributed by atoms with Crippen molar-refractivity contribution in [2.24, 2.45) is 0 Å². The van der Waals surface area contributed by atoms with Crippen molar-refractivity contribution >= 4 is 11.9 Å². The van der Waals surface area contributed by atoms with Crippen molar-refractivity contribution in [3.8, 4) is 0 Å². The van der Waals surface area contributed by atoms with E-state index in [0.29, 0.717) is 0 Å². The fraction of sp³-hybridized carbons (Fsp3) is 0. The summed E-state index contributed by atoms with van der Waals surface area (Å²) in [5, 5.41) is 17.1. The fourth-order valence-corrected chi connectivity index (χ4v) is 0.856. The summed E-state index contributed by atoms with van der Waals surface area (Å²) in [6.45, 7) is 0. The molecule has 68 valence electrons. The summed E-state index contributed by atoms with van der Waals surface area (Å²) < 4.78 is 0. The first kappa shape index (κ1) is 21.4.